The average Bonchev–Trinajstić information content (AvgIpc) is 2.69. The first-order valence-electron chi connectivity index (χ1n) is 9.61. The average molecular weight is 386 g/mol. The highest BCUT2D eigenvalue weighted by atomic mass is 32.2. The first-order chi connectivity index (χ1) is 13.2. The lowest BCUT2D eigenvalue weighted by Crippen LogP contribution is -2.50. The number of anilines is 2. The summed E-state index contributed by atoms with van der Waals surface area (Å²) in [6, 6.07) is 16.8. The summed E-state index contributed by atoms with van der Waals surface area (Å²) < 4.78 is 0. The van der Waals surface area contributed by atoms with Gasteiger partial charge in [-0.2, -0.15) is 0 Å². The Morgan fingerprint density at radius 2 is 1.37 bits per heavy atom. The molecule has 4 rings (SSSR count). The van der Waals surface area contributed by atoms with Crippen LogP contribution in [0.2, 0.25) is 0 Å². The van der Waals surface area contributed by atoms with Crippen molar-refractivity contribution in [1.29, 1.82) is 0 Å². The van der Waals surface area contributed by atoms with E-state index in [1.54, 1.807) is 11.8 Å². The van der Waals surface area contributed by atoms with Crippen LogP contribution in [-0.2, 0) is 0 Å². The number of aliphatic hydroxyl groups is 2. The second-order valence-electron chi connectivity index (χ2n) is 7.17. The van der Waals surface area contributed by atoms with Gasteiger partial charge in [-0.3, -0.25) is 9.80 Å². The van der Waals surface area contributed by atoms with Crippen molar-refractivity contribution >= 4 is 23.1 Å². The van der Waals surface area contributed by atoms with Crippen molar-refractivity contribution in [3.63, 3.8) is 0 Å². The molecular weight excluding hydrogens is 358 g/mol. The van der Waals surface area contributed by atoms with Gasteiger partial charge in [0.15, 0.2) is 0 Å². The molecule has 27 heavy (non-hydrogen) atoms. The van der Waals surface area contributed by atoms with Gasteiger partial charge in [0.2, 0.25) is 0 Å². The van der Waals surface area contributed by atoms with Gasteiger partial charge in [-0.15, -0.1) is 0 Å². The summed E-state index contributed by atoms with van der Waals surface area (Å²) in [6.07, 6.45) is -0.418. The number of fused-ring (bicyclic) bond motifs is 2. The van der Waals surface area contributed by atoms with Gasteiger partial charge in [0.25, 0.3) is 0 Å². The Morgan fingerprint density at radius 3 is 1.96 bits per heavy atom. The Hall–Kier alpha value is -1.57. The van der Waals surface area contributed by atoms with Crippen LogP contribution < -0.4 is 4.90 Å². The van der Waals surface area contributed by atoms with Gasteiger partial charge in [-0.1, -0.05) is 36.0 Å². The van der Waals surface area contributed by atoms with Crippen LogP contribution in [0.15, 0.2) is 58.3 Å². The van der Waals surface area contributed by atoms with Crippen molar-refractivity contribution in [1.82, 2.24) is 9.80 Å². The fraction of sp³-hybridized carbons (Fsp3) is 0.429. The molecule has 1 atom stereocenters. The van der Waals surface area contributed by atoms with Gasteiger partial charge in [0.1, 0.15) is 0 Å². The Balaban J connectivity index is 1.43. The SMILES string of the molecule is OCCN1CCN(CC(O)CN2c3ccccc3Sc3ccccc32)CC1. The minimum absolute atomic E-state index is 0.217. The molecular formula is C21H27N3O2S. The normalized spacial score (nSPS) is 18.8. The summed E-state index contributed by atoms with van der Waals surface area (Å²) >= 11 is 1.79. The van der Waals surface area contributed by atoms with E-state index < -0.39 is 6.10 Å². The molecule has 144 valence electrons. The van der Waals surface area contributed by atoms with E-state index in [1.165, 1.54) is 21.2 Å². The van der Waals surface area contributed by atoms with E-state index in [0.29, 0.717) is 13.1 Å². The lowest BCUT2D eigenvalue weighted by molar-refractivity contribution is 0.0695. The molecule has 2 aliphatic rings. The van der Waals surface area contributed by atoms with Crippen LogP contribution in [-0.4, -0.2) is 78.5 Å². The van der Waals surface area contributed by atoms with Gasteiger partial charge >= 0.3 is 0 Å². The molecule has 2 aromatic carbocycles. The number of rotatable bonds is 6. The number of β-amino-alcohol motifs (C(OH)–C–C–N with tert-alkyl or cyclic N) is 2. The van der Waals surface area contributed by atoms with Gasteiger partial charge in [-0.05, 0) is 24.3 Å². The molecule has 1 fully saturated rings. The van der Waals surface area contributed by atoms with Crippen LogP contribution in [0.3, 0.4) is 0 Å². The number of hydrogen-bond acceptors (Lipinski definition) is 6. The molecule has 2 N–H and O–H groups in total. The second kappa shape index (κ2) is 8.63. The van der Waals surface area contributed by atoms with Crippen molar-refractivity contribution in [2.24, 2.45) is 0 Å². The lowest BCUT2D eigenvalue weighted by Gasteiger charge is -2.37. The molecule has 0 amide bonds. The van der Waals surface area contributed by atoms with Crippen molar-refractivity contribution in [2.45, 2.75) is 15.9 Å². The standard InChI is InChI=1S/C21H27N3O2S/c25-14-13-22-9-11-23(12-10-22)15-17(26)16-24-18-5-1-3-7-20(18)27-21-8-4-2-6-19(21)24/h1-8,17,25-26H,9-16H2. The molecule has 0 saturated carbocycles. The molecule has 6 heteroatoms. The van der Waals surface area contributed by atoms with Crippen LogP contribution in [0, 0.1) is 0 Å². The number of nitrogens with zero attached hydrogens (tertiary/aromatic N) is 3. The first kappa shape index (κ1) is 18.8. The zero-order valence-electron chi connectivity index (χ0n) is 15.5. The highest BCUT2D eigenvalue weighted by molar-refractivity contribution is 7.99. The second-order valence-corrected chi connectivity index (χ2v) is 8.25. The monoisotopic (exact) mass is 385 g/mol. The summed E-state index contributed by atoms with van der Waals surface area (Å²) in [4.78, 5) is 9.34. The maximum atomic E-state index is 10.8. The summed E-state index contributed by atoms with van der Waals surface area (Å²) in [7, 11) is 0. The molecule has 0 bridgehead atoms. The van der Waals surface area contributed by atoms with E-state index in [0.717, 1.165) is 32.7 Å². The highest BCUT2D eigenvalue weighted by Gasteiger charge is 2.26. The number of para-hydroxylation sites is 2. The number of aliphatic hydroxyl groups excluding tert-OH is 2. The van der Waals surface area contributed by atoms with Crippen LogP contribution in [0.1, 0.15) is 0 Å². The molecule has 0 spiro atoms. The summed E-state index contributed by atoms with van der Waals surface area (Å²) in [5.41, 5.74) is 2.35. The van der Waals surface area contributed by atoms with Crippen molar-refractivity contribution in [3.8, 4) is 0 Å². The number of hydrogen-bond donors (Lipinski definition) is 2. The Kier molecular flexibility index (Phi) is 6.00. The van der Waals surface area contributed by atoms with Crippen LogP contribution in [0.4, 0.5) is 11.4 Å². The Morgan fingerprint density at radius 1 is 0.815 bits per heavy atom. The summed E-state index contributed by atoms with van der Waals surface area (Å²) in [5.74, 6) is 0. The lowest BCUT2D eigenvalue weighted by atomic mass is 10.2. The molecule has 2 aliphatic heterocycles. The maximum absolute atomic E-state index is 10.8. The van der Waals surface area contributed by atoms with Crippen LogP contribution in [0.5, 0.6) is 0 Å². The third-order valence-electron chi connectivity index (χ3n) is 5.28. The van der Waals surface area contributed by atoms with Crippen molar-refractivity contribution < 1.29 is 10.2 Å². The fourth-order valence-corrected chi connectivity index (χ4v) is 4.98. The Bertz CT molecular complexity index is 719. The van der Waals surface area contributed by atoms with Crippen molar-refractivity contribution in [2.75, 3.05) is 57.3 Å². The molecule has 2 heterocycles. The molecule has 1 saturated heterocycles. The summed E-state index contributed by atoms with van der Waals surface area (Å²) in [5, 5.41) is 19.9. The minimum Gasteiger partial charge on any atom is -0.395 e. The minimum atomic E-state index is -0.418. The first-order valence-corrected chi connectivity index (χ1v) is 10.4. The van der Waals surface area contributed by atoms with E-state index in [2.05, 4.69) is 63.2 Å². The zero-order chi connectivity index (χ0) is 18.6. The molecule has 0 radical (unpaired) electrons. The molecule has 0 aromatic heterocycles. The van der Waals surface area contributed by atoms with Crippen LogP contribution in [0.25, 0.3) is 0 Å². The summed E-state index contributed by atoms with van der Waals surface area (Å²) in [6.45, 7) is 6.04. The molecule has 2 aromatic rings. The van der Waals surface area contributed by atoms with Gasteiger partial charge in [0, 0.05) is 49.1 Å². The molecule has 1 unspecified atom stereocenters. The largest absolute Gasteiger partial charge is 0.395 e. The predicted molar refractivity (Wildman–Crippen MR) is 110 cm³/mol. The molecule has 0 aliphatic carbocycles. The quantitative estimate of drug-likeness (QED) is 0.796. The zero-order valence-corrected chi connectivity index (χ0v) is 16.3. The number of benzene rings is 2. The smallest absolute Gasteiger partial charge is 0.0845 e. The Labute approximate surface area is 165 Å². The topological polar surface area (TPSA) is 50.2 Å². The van der Waals surface area contributed by atoms with E-state index in [1.807, 2.05) is 0 Å². The van der Waals surface area contributed by atoms with Crippen LogP contribution >= 0.6 is 11.8 Å². The van der Waals surface area contributed by atoms with Gasteiger partial charge in [-0.25, -0.2) is 0 Å². The van der Waals surface area contributed by atoms with E-state index >= 15 is 0 Å². The predicted octanol–water partition coefficient (Wildman–Crippen LogP) is 2.26. The number of piperazine rings is 1. The third kappa shape index (κ3) is 4.31. The van der Waals surface area contributed by atoms with E-state index in [-0.39, 0.29) is 6.61 Å². The maximum Gasteiger partial charge on any atom is 0.0845 e. The molecule has 5 nitrogen and oxygen atoms in total. The van der Waals surface area contributed by atoms with E-state index in [4.69, 9.17) is 5.11 Å². The van der Waals surface area contributed by atoms with Gasteiger partial charge in [0.05, 0.1) is 30.6 Å². The fourth-order valence-electron chi connectivity index (χ4n) is 3.88. The third-order valence-corrected chi connectivity index (χ3v) is 6.41. The van der Waals surface area contributed by atoms with Crippen molar-refractivity contribution in [3.05, 3.63) is 48.5 Å². The highest BCUT2D eigenvalue weighted by Crippen LogP contribution is 2.47. The van der Waals surface area contributed by atoms with Gasteiger partial charge < -0.3 is 15.1 Å². The van der Waals surface area contributed by atoms with E-state index in [9.17, 15) is 5.11 Å².